The van der Waals surface area contributed by atoms with Crippen LogP contribution in [0.3, 0.4) is 0 Å². The number of methoxy groups -OCH3 is 1. The van der Waals surface area contributed by atoms with E-state index in [1.165, 1.54) is 12.1 Å². The fourth-order valence-corrected chi connectivity index (χ4v) is 4.51. The van der Waals surface area contributed by atoms with Gasteiger partial charge in [-0.2, -0.15) is 4.31 Å². The fraction of sp³-hybridized carbons (Fsp3) is 0.350. The molecule has 1 N–H and O–H groups in total. The van der Waals surface area contributed by atoms with Crippen molar-refractivity contribution in [3.05, 3.63) is 59.7 Å². The van der Waals surface area contributed by atoms with Crippen molar-refractivity contribution in [2.75, 3.05) is 13.7 Å². The number of benzene rings is 2. The molecular formula is C20H25NO5S. The zero-order valence-electron chi connectivity index (χ0n) is 15.8. The van der Waals surface area contributed by atoms with Crippen molar-refractivity contribution >= 4 is 16.0 Å². The number of hydrogen-bond acceptors (Lipinski definition) is 4. The molecule has 0 bridgehead atoms. The number of ether oxygens (including phenoxy) is 1. The normalized spacial score (nSPS) is 12.7. The third-order valence-corrected chi connectivity index (χ3v) is 6.32. The molecule has 0 radical (unpaired) electrons. The van der Waals surface area contributed by atoms with E-state index in [1.807, 2.05) is 25.1 Å². The summed E-state index contributed by atoms with van der Waals surface area (Å²) in [5, 5.41) is 9.55. The van der Waals surface area contributed by atoms with Gasteiger partial charge in [-0.15, -0.1) is 0 Å². The first kappa shape index (κ1) is 20.9. The monoisotopic (exact) mass is 391 g/mol. The Balaban J connectivity index is 2.35. The zero-order valence-corrected chi connectivity index (χ0v) is 16.6. The third kappa shape index (κ3) is 5.08. The second-order valence-electron chi connectivity index (χ2n) is 6.29. The summed E-state index contributed by atoms with van der Waals surface area (Å²) in [5.74, 6) is -0.482. The molecule has 0 saturated carbocycles. The molecule has 0 fully saturated rings. The smallest absolute Gasteiger partial charge is 0.322 e. The molecule has 1 atom stereocenters. The minimum atomic E-state index is -3.94. The molecule has 146 valence electrons. The van der Waals surface area contributed by atoms with Gasteiger partial charge in [0.15, 0.2) is 0 Å². The molecule has 2 rings (SSSR count). The summed E-state index contributed by atoms with van der Waals surface area (Å²) < 4.78 is 32.5. The molecule has 0 saturated heterocycles. The Morgan fingerprint density at radius 2 is 1.85 bits per heavy atom. The molecule has 0 aromatic heterocycles. The second kappa shape index (κ2) is 9.01. The number of hydrogen-bond donors (Lipinski definition) is 1. The van der Waals surface area contributed by atoms with E-state index in [-0.39, 0.29) is 17.9 Å². The van der Waals surface area contributed by atoms with Crippen LogP contribution in [0.25, 0.3) is 0 Å². The van der Waals surface area contributed by atoms with E-state index in [0.29, 0.717) is 12.2 Å². The Morgan fingerprint density at radius 1 is 1.19 bits per heavy atom. The van der Waals surface area contributed by atoms with Gasteiger partial charge in [0.2, 0.25) is 10.0 Å². The molecule has 27 heavy (non-hydrogen) atoms. The van der Waals surface area contributed by atoms with Crippen LogP contribution >= 0.6 is 0 Å². The number of aryl methyl sites for hydroxylation is 1. The predicted octanol–water partition coefficient (Wildman–Crippen LogP) is 3.10. The summed E-state index contributed by atoms with van der Waals surface area (Å²) in [5.41, 5.74) is 1.81. The predicted molar refractivity (Wildman–Crippen MR) is 103 cm³/mol. The molecular weight excluding hydrogens is 366 g/mol. The first-order chi connectivity index (χ1) is 12.8. The second-order valence-corrected chi connectivity index (χ2v) is 8.18. The Morgan fingerprint density at radius 3 is 2.41 bits per heavy atom. The summed E-state index contributed by atoms with van der Waals surface area (Å²) in [7, 11) is -2.38. The maximum Gasteiger partial charge on any atom is 0.322 e. The lowest BCUT2D eigenvalue weighted by molar-refractivity contribution is -0.141. The summed E-state index contributed by atoms with van der Waals surface area (Å²) >= 11 is 0. The zero-order chi connectivity index (χ0) is 20.0. The van der Waals surface area contributed by atoms with Crippen molar-refractivity contribution in [1.82, 2.24) is 4.31 Å². The average molecular weight is 391 g/mol. The van der Waals surface area contributed by atoms with Crippen LogP contribution < -0.4 is 4.74 Å². The summed E-state index contributed by atoms with van der Waals surface area (Å²) in [6, 6.07) is 12.6. The highest BCUT2D eigenvalue weighted by Gasteiger charge is 2.34. The lowest BCUT2D eigenvalue weighted by Crippen LogP contribution is -2.45. The maximum atomic E-state index is 13.1. The van der Waals surface area contributed by atoms with Crippen molar-refractivity contribution in [3.63, 3.8) is 0 Å². The number of sulfonamides is 1. The molecule has 0 spiro atoms. The summed E-state index contributed by atoms with van der Waals surface area (Å²) in [6.07, 6.45) is 0.560. The van der Waals surface area contributed by atoms with Crippen LogP contribution in [0.2, 0.25) is 0 Å². The average Bonchev–Trinajstić information content (AvgIpc) is 2.65. The van der Waals surface area contributed by atoms with Crippen LogP contribution in [-0.4, -0.2) is 43.5 Å². The largest absolute Gasteiger partial charge is 0.497 e. The minimum absolute atomic E-state index is 0.0637. The van der Waals surface area contributed by atoms with E-state index < -0.39 is 22.0 Å². The quantitative estimate of drug-likeness (QED) is 0.710. The van der Waals surface area contributed by atoms with Crippen molar-refractivity contribution < 1.29 is 23.1 Å². The van der Waals surface area contributed by atoms with Crippen LogP contribution in [0, 0.1) is 6.92 Å². The van der Waals surface area contributed by atoms with Gasteiger partial charge in [-0.05, 0) is 49.6 Å². The van der Waals surface area contributed by atoms with E-state index in [1.54, 1.807) is 32.2 Å². The number of carboxylic acids is 1. The molecule has 0 aliphatic heterocycles. The highest BCUT2D eigenvalue weighted by molar-refractivity contribution is 7.89. The van der Waals surface area contributed by atoms with Gasteiger partial charge in [0.1, 0.15) is 11.8 Å². The van der Waals surface area contributed by atoms with Gasteiger partial charge in [0, 0.05) is 6.54 Å². The number of rotatable bonds is 9. The number of carboxylic acid groups (broad SMARTS) is 1. The molecule has 0 amide bonds. The number of nitrogens with zero attached hydrogens (tertiary/aromatic N) is 1. The Kier molecular flexibility index (Phi) is 6.98. The van der Waals surface area contributed by atoms with Gasteiger partial charge in [-0.25, -0.2) is 8.42 Å². The van der Waals surface area contributed by atoms with E-state index in [2.05, 4.69) is 0 Å². The molecule has 6 nitrogen and oxygen atoms in total. The van der Waals surface area contributed by atoms with Gasteiger partial charge in [-0.1, -0.05) is 36.8 Å². The Hall–Kier alpha value is -2.38. The van der Waals surface area contributed by atoms with Crippen molar-refractivity contribution in [1.29, 1.82) is 0 Å². The maximum absolute atomic E-state index is 13.1. The standard InChI is InChI=1S/C20H25NO5S/c1-4-19(20(22)23)21(13-12-16-6-5-7-17(14-16)26-3)27(24,25)18-10-8-15(2)9-11-18/h5-11,14,19H,4,12-13H2,1-3H3,(H,22,23)/t19-/m0/s1. The molecule has 2 aromatic carbocycles. The molecule has 0 aliphatic carbocycles. The highest BCUT2D eigenvalue weighted by Crippen LogP contribution is 2.22. The summed E-state index contributed by atoms with van der Waals surface area (Å²) in [4.78, 5) is 11.8. The minimum Gasteiger partial charge on any atom is -0.497 e. The number of aliphatic carboxylic acids is 1. The Labute approximate surface area is 160 Å². The molecule has 2 aromatic rings. The van der Waals surface area contributed by atoms with Gasteiger partial charge in [-0.3, -0.25) is 4.79 Å². The first-order valence-electron chi connectivity index (χ1n) is 8.73. The van der Waals surface area contributed by atoms with E-state index >= 15 is 0 Å². The van der Waals surface area contributed by atoms with Gasteiger partial charge < -0.3 is 9.84 Å². The Bertz CT molecular complexity index is 878. The molecule has 0 heterocycles. The number of carbonyl (C=O) groups is 1. The van der Waals surface area contributed by atoms with Crippen molar-refractivity contribution in [2.45, 2.75) is 37.6 Å². The SMILES string of the molecule is CC[C@@H](C(=O)O)N(CCc1cccc(OC)c1)S(=O)(=O)c1ccc(C)cc1. The first-order valence-corrected chi connectivity index (χ1v) is 10.2. The molecule has 0 unspecified atom stereocenters. The third-order valence-electron chi connectivity index (χ3n) is 4.40. The molecule has 7 heteroatoms. The van der Waals surface area contributed by atoms with Crippen LogP contribution in [0.1, 0.15) is 24.5 Å². The van der Waals surface area contributed by atoms with Crippen LogP contribution in [0.15, 0.2) is 53.4 Å². The lowest BCUT2D eigenvalue weighted by atomic mass is 10.1. The highest BCUT2D eigenvalue weighted by atomic mass is 32.2. The summed E-state index contributed by atoms with van der Waals surface area (Å²) in [6.45, 7) is 3.60. The van der Waals surface area contributed by atoms with Crippen molar-refractivity contribution in [3.8, 4) is 5.75 Å². The van der Waals surface area contributed by atoms with Gasteiger partial charge in [0.05, 0.1) is 12.0 Å². The van der Waals surface area contributed by atoms with Crippen molar-refractivity contribution in [2.24, 2.45) is 0 Å². The van der Waals surface area contributed by atoms with E-state index in [9.17, 15) is 18.3 Å². The van der Waals surface area contributed by atoms with Crippen LogP contribution in [0.5, 0.6) is 5.75 Å². The van der Waals surface area contributed by atoms with Crippen LogP contribution in [0.4, 0.5) is 0 Å². The fourth-order valence-electron chi connectivity index (χ4n) is 2.86. The van der Waals surface area contributed by atoms with Gasteiger partial charge >= 0.3 is 5.97 Å². The molecule has 0 aliphatic rings. The van der Waals surface area contributed by atoms with E-state index in [0.717, 1.165) is 15.4 Å². The van der Waals surface area contributed by atoms with E-state index in [4.69, 9.17) is 4.74 Å². The van der Waals surface area contributed by atoms with Crippen LogP contribution in [-0.2, 0) is 21.2 Å². The topological polar surface area (TPSA) is 83.9 Å². The lowest BCUT2D eigenvalue weighted by Gasteiger charge is -2.27. The van der Waals surface area contributed by atoms with Gasteiger partial charge in [0.25, 0.3) is 0 Å².